The van der Waals surface area contributed by atoms with Gasteiger partial charge in [-0.15, -0.1) is 5.10 Å². The summed E-state index contributed by atoms with van der Waals surface area (Å²) in [7, 11) is 0. The quantitative estimate of drug-likeness (QED) is 0.660. The first kappa shape index (κ1) is 14.3. The third-order valence-corrected chi connectivity index (χ3v) is 4.68. The number of nitrogens with one attached hydrogen (secondary N) is 1. The molecule has 0 spiro atoms. The minimum atomic E-state index is -0.991. The van der Waals surface area contributed by atoms with Crippen LogP contribution < -0.4 is 16.4 Å². The molecule has 8 nitrogen and oxygen atoms in total. The zero-order valence-corrected chi connectivity index (χ0v) is 13.2. The van der Waals surface area contributed by atoms with Gasteiger partial charge in [0, 0.05) is 11.9 Å². The Balaban J connectivity index is 1.99. The predicted octanol–water partition coefficient (Wildman–Crippen LogP) is -0.372. The summed E-state index contributed by atoms with van der Waals surface area (Å²) in [5.41, 5.74) is 5.64. The van der Waals surface area contributed by atoms with E-state index in [4.69, 9.17) is 5.73 Å². The smallest absolute Gasteiger partial charge is 0.279 e. The van der Waals surface area contributed by atoms with Crippen LogP contribution in [-0.2, 0) is 4.79 Å². The zero-order valence-electron chi connectivity index (χ0n) is 11.0. The van der Waals surface area contributed by atoms with Crippen LogP contribution in [-0.4, -0.2) is 25.6 Å². The van der Waals surface area contributed by atoms with Crippen molar-refractivity contribution in [2.45, 2.75) is 31.6 Å². The van der Waals surface area contributed by atoms with Gasteiger partial charge in [0.15, 0.2) is 5.52 Å². The highest BCUT2D eigenvalue weighted by molar-refractivity contribution is 14.1. The molecule has 1 aliphatic carbocycles. The number of hydrogen-bond donors (Lipinski definition) is 2. The molecule has 21 heavy (non-hydrogen) atoms. The van der Waals surface area contributed by atoms with Crippen LogP contribution in [0.25, 0.3) is 5.52 Å². The molecular weight excluding hydrogens is 389 g/mol. The highest BCUT2D eigenvalue weighted by Gasteiger charge is 2.28. The number of carbonyl (C=O) groups excluding carboxylic acids is 1. The molecule has 9 heteroatoms. The fraction of sp³-hybridized carbons (Fsp3) is 0.500. The molecule has 0 amide bonds. The number of nitrogens with two attached hydrogens (primary N) is 1. The highest BCUT2D eigenvalue weighted by atomic mass is 127. The fourth-order valence-electron chi connectivity index (χ4n) is 2.85. The number of nitrogens with zero attached hydrogens (tertiary/aromatic N) is 3. The summed E-state index contributed by atoms with van der Waals surface area (Å²) in [5.74, 6) is -0.608. The standard InChI is InChI=1S/C12H14IN5O3/c13-8-7-10(19)16-12(14)17-18(7)9(15-8)5-1-3-6(4-2-5)11(20)21/h5-6H,1-4H2,(H,20,21)(H3,14,16,17,19)/p-1. The van der Waals surface area contributed by atoms with E-state index in [2.05, 4.69) is 15.1 Å². The summed E-state index contributed by atoms with van der Waals surface area (Å²) in [4.78, 5) is 29.7. The molecule has 3 N–H and O–H groups in total. The fourth-order valence-corrected chi connectivity index (χ4v) is 3.57. The van der Waals surface area contributed by atoms with Gasteiger partial charge in [0.2, 0.25) is 5.95 Å². The van der Waals surface area contributed by atoms with Crippen molar-refractivity contribution in [3.8, 4) is 0 Å². The van der Waals surface area contributed by atoms with Crippen molar-refractivity contribution in [1.29, 1.82) is 0 Å². The molecule has 0 bridgehead atoms. The molecule has 112 valence electrons. The van der Waals surface area contributed by atoms with Gasteiger partial charge < -0.3 is 15.6 Å². The molecule has 0 unspecified atom stereocenters. The molecule has 1 aliphatic rings. The van der Waals surface area contributed by atoms with Crippen LogP contribution in [0.2, 0.25) is 0 Å². The average Bonchev–Trinajstić information content (AvgIpc) is 2.76. The number of H-pyrrole nitrogens is 1. The number of hydrogen-bond acceptors (Lipinski definition) is 6. The van der Waals surface area contributed by atoms with Gasteiger partial charge in [-0.05, 0) is 54.2 Å². The maximum Gasteiger partial charge on any atom is 0.279 e. The van der Waals surface area contributed by atoms with Gasteiger partial charge in [0.25, 0.3) is 5.56 Å². The first-order chi connectivity index (χ1) is 9.97. The van der Waals surface area contributed by atoms with E-state index in [9.17, 15) is 14.7 Å². The number of imidazole rings is 1. The zero-order chi connectivity index (χ0) is 15.1. The minimum absolute atomic E-state index is 0.0333. The van der Waals surface area contributed by atoms with E-state index in [1.165, 1.54) is 4.52 Å². The van der Waals surface area contributed by atoms with Gasteiger partial charge in [-0.1, -0.05) is 0 Å². The van der Waals surface area contributed by atoms with Crippen molar-refractivity contribution in [2.24, 2.45) is 5.92 Å². The molecule has 0 aliphatic heterocycles. The number of carboxylic acids is 1. The summed E-state index contributed by atoms with van der Waals surface area (Å²) < 4.78 is 2.05. The Bertz CT molecular complexity index is 760. The molecule has 0 saturated heterocycles. The molecule has 0 aromatic carbocycles. The summed E-state index contributed by atoms with van der Waals surface area (Å²) in [6, 6.07) is 0. The van der Waals surface area contributed by atoms with E-state index in [-0.39, 0.29) is 17.4 Å². The second-order valence-electron chi connectivity index (χ2n) is 5.23. The van der Waals surface area contributed by atoms with Crippen molar-refractivity contribution in [2.75, 3.05) is 5.73 Å². The van der Waals surface area contributed by atoms with E-state index in [0.29, 0.717) is 40.7 Å². The molecule has 0 radical (unpaired) electrons. The third-order valence-electron chi connectivity index (χ3n) is 3.93. The first-order valence-corrected chi connectivity index (χ1v) is 7.70. The number of nitrogen functional groups attached to an aromatic ring is 1. The van der Waals surface area contributed by atoms with E-state index in [1.807, 2.05) is 22.6 Å². The Kier molecular flexibility index (Phi) is 3.59. The molecule has 0 atom stereocenters. The second-order valence-corrected chi connectivity index (χ2v) is 6.25. The van der Waals surface area contributed by atoms with Crippen LogP contribution in [0.5, 0.6) is 0 Å². The number of carbonyl (C=O) groups is 1. The van der Waals surface area contributed by atoms with Crippen LogP contribution in [0, 0.1) is 9.62 Å². The van der Waals surface area contributed by atoms with Gasteiger partial charge in [0.05, 0.1) is 0 Å². The van der Waals surface area contributed by atoms with Crippen molar-refractivity contribution < 1.29 is 9.90 Å². The molecular formula is C12H13IN5O3-. The Labute approximate surface area is 132 Å². The summed E-state index contributed by atoms with van der Waals surface area (Å²) >= 11 is 1.99. The predicted molar refractivity (Wildman–Crippen MR) is 80.4 cm³/mol. The molecule has 3 rings (SSSR count). The van der Waals surface area contributed by atoms with Crippen LogP contribution >= 0.6 is 22.6 Å². The topological polar surface area (TPSA) is 129 Å². The van der Waals surface area contributed by atoms with Gasteiger partial charge >= 0.3 is 0 Å². The lowest BCUT2D eigenvalue weighted by Gasteiger charge is -2.28. The molecule has 2 heterocycles. The van der Waals surface area contributed by atoms with Crippen molar-refractivity contribution >= 4 is 40.0 Å². The summed E-state index contributed by atoms with van der Waals surface area (Å²) in [5, 5.41) is 15.0. The lowest BCUT2D eigenvalue weighted by molar-refractivity contribution is -0.312. The van der Waals surface area contributed by atoms with Gasteiger partial charge in [0.1, 0.15) is 9.53 Å². The molecule has 2 aromatic rings. The number of aromatic amines is 1. The number of halogens is 1. The van der Waals surface area contributed by atoms with Crippen LogP contribution in [0.3, 0.4) is 0 Å². The van der Waals surface area contributed by atoms with Crippen LogP contribution in [0.4, 0.5) is 5.95 Å². The second kappa shape index (κ2) is 5.28. The molecule has 1 saturated carbocycles. The number of anilines is 1. The average molecular weight is 402 g/mol. The lowest BCUT2D eigenvalue weighted by atomic mass is 9.82. The van der Waals surface area contributed by atoms with Crippen LogP contribution in [0.15, 0.2) is 4.79 Å². The van der Waals surface area contributed by atoms with Crippen molar-refractivity contribution in [1.82, 2.24) is 19.6 Å². The van der Waals surface area contributed by atoms with E-state index < -0.39 is 11.9 Å². The SMILES string of the molecule is Nc1nn2c(C3CCC(C(=O)[O-])CC3)nc(I)c2c(=O)[nH]1. The Hall–Kier alpha value is -1.65. The molecule has 2 aromatic heterocycles. The van der Waals surface area contributed by atoms with E-state index in [0.717, 1.165) is 0 Å². The third kappa shape index (κ3) is 2.49. The monoisotopic (exact) mass is 402 g/mol. The lowest BCUT2D eigenvalue weighted by Crippen LogP contribution is -2.33. The minimum Gasteiger partial charge on any atom is -0.550 e. The maximum atomic E-state index is 11.9. The van der Waals surface area contributed by atoms with Gasteiger partial charge in [-0.3, -0.25) is 9.78 Å². The number of aliphatic carboxylic acids is 1. The van der Waals surface area contributed by atoms with E-state index >= 15 is 0 Å². The highest BCUT2D eigenvalue weighted by Crippen LogP contribution is 2.35. The Morgan fingerprint density at radius 1 is 1.38 bits per heavy atom. The van der Waals surface area contributed by atoms with Gasteiger partial charge in [-0.25, -0.2) is 9.50 Å². The number of rotatable bonds is 2. The van der Waals surface area contributed by atoms with Crippen molar-refractivity contribution in [3.63, 3.8) is 0 Å². The first-order valence-electron chi connectivity index (χ1n) is 6.62. The number of aromatic nitrogens is 4. The number of carboxylic acid groups (broad SMARTS) is 1. The summed E-state index contributed by atoms with van der Waals surface area (Å²) in [6.07, 6.45) is 2.47. The number of fused-ring (bicyclic) bond motifs is 1. The largest absolute Gasteiger partial charge is 0.550 e. The Morgan fingerprint density at radius 2 is 2.05 bits per heavy atom. The van der Waals surface area contributed by atoms with Gasteiger partial charge in [-0.2, -0.15) is 0 Å². The molecule has 1 fully saturated rings. The van der Waals surface area contributed by atoms with E-state index in [1.54, 1.807) is 0 Å². The maximum absolute atomic E-state index is 11.9. The summed E-state index contributed by atoms with van der Waals surface area (Å²) in [6.45, 7) is 0. The van der Waals surface area contributed by atoms with Crippen molar-refractivity contribution in [3.05, 3.63) is 19.9 Å². The Morgan fingerprint density at radius 3 is 2.67 bits per heavy atom. The van der Waals surface area contributed by atoms with Crippen LogP contribution in [0.1, 0.15) is 37.4 Å². The normalized spacial score (nSPS) is 22.5.